The van der Waals surface area contributed by atoms with Gasteiger partial charge in [-0.2, -0.15) is 0 Å². The molecule has 100 valence electrons. The molecule has 0 aromatic carbocycles. The summed E-state index contributed by atoms with van der Waals surface area (Å²) in [7, 11) is 2.32. The quantitative estimate of drug-likeness (QED) is 0.501. The summed E-state index contributed by atoms with van der Waals surface area (Å²) in [4.78, 5) is 22.9. The molecule has 1 heterocycles. The molecule has 1 rings (SSSR count). The van der Waals surface area contributed by atoms with Gasteiger partial charge in [-0.1, -0.05) is 5.21 Å². The molecule has 0 bridgehead atoms. The number of aliphatic hydroxyl groups excluding tert-OH is 1. The number of carbonyl (C=O) groups excluding carboxylic acids is 2. The van der Waals surface area contributed by atoms with Gasteiger partial charge in [0.25, 0.3) is 0 Å². The molecule has 1 aromatic heterocycles. The maximum Gasteiger partial charge on any atom is 0.361 e. The van der Waals surface area contributed by atoms with Gasteiger partial charge in [0.1, 0.15) is 6.73 Å². The molecule has 0 saturated heterocycles. The highest BCUT2D eigenvalue weighted by Crippen LogP contribution is 2.08. The first-order valence-electron chi connectivity index (χ1n) is 4.94. The SMILES string of the molecule is COC(=O)c1nnn(COCCO)c1C(=O)OC. The highest BCUT2D eigenvalue weighted by Gasteiger charge is 2.26. The van der Waals surface area contributed by atoms with Gasteiger partial charge in [0.05, 0.1) is 27.4 Å². The lowest BCUT2D eigenvalue weighted by atomic mass is 10.3. The van der Waals surface area contributed by atoms with Crippen molar-refractivity contribution in [2.24, 2.45) is 0 Å². The van der Waals surface area contributed by atoms with Crippen molar-refractivity contribution < 1.29 is 28.9 Å². The van der Waals surface area contributed by atoms with Gasteiger partial charge < -0.3 is 19.3 Å². The Labute approximate surface area is 102 Å². The predicted octanol–water partition coefficient (Wildman–Crippen LogP) is -1.18. The fraction of sp³-hybridized carbons (Fsp3) is 0.556. The van der Waals surface area contributed by atoms with E-state index in [9.17, 15) is 9.59 Å². The molecule has 0 saturated carbocycles. The molecule has 0 fully saturated rings. The third kappa shape index (κ3) is 3.02. The number of rotatable bonds is 6. The highest BCUT2D eigenvalue weighted by molar-refractivity contribution is 6.00. The Morgan fingerprint density at radius 2 is 1.94 bits per heavy atom. The van der Waals surface area contributed by atoms with Crippen LogP contribution in [-0.4, -0.2) is 59.5 Å². The second-order valence-electron chi connectivity index (χ2n) is 3.03. The second kappa shape index (κ2) is 6.67. The Balaban J connectivity index is 2.99. The third-order valence-corrected chi connectivity index (χ3v) is 1.94. The minimum Gasteiger partial charge on any atom is -0.464 e. The molecule has 1 aromatic rings. The number of aliphatic hydroxyl groups is 1. The van der Waals surface area contributed by atoms with Gasteiger partial charge in [-0.3, -0.25) is 0 Å². The molecule has 0 aliphatic carbocycles. The number of nitrogens with zero attached hydrogens (tertiary/aromatic N) is 3. The van der Waals surface area contributed by atoms with Crippen molar-refractivity contribution in [1.29, 1.82) is 0 Å². The maximum atomic E-state index is 11.5. The second-order valence-corrected chi connectivity index (χ2v) is 3.03. The van der Waals surface area contributed by atoms with Crippen molar-refractivity contribution in [3.63, 3.8) is 0 Å². The van der Waals surface area contributed by atoms with Gasteiger partial charge in [-0.15, -0.1) is 5.10 Å². The molecule has 9 nitrogen and oxygen atoms in total. The summed E-state index contributed by atoms with van der Waals surface area (Å²) in [6.07, 6.45) is 0. The number of methoxy groups -OCH3 is 2. The van der Waals surface area contributed by atoms with E-state index in [1.54, 1.807) is 0 Å². The summed E-state index contributed by atoms with van der Waals surface area (Å²) in [6.45, 7) is -0.255. The van der Waals surface area contributed by atoms with Crippen LogP contribution < -0.4 is 0 Å². The topological polar surface area (TPSA) is 113 Å². The number of esters is 2. The zero-order chi connectivity index (χ0) is 13.5. The lowest BCUT2D eigenvalue weighted by molar-refractivity contribution is 0.0344. The maximum absolute atomic E-state index is 11.5. The number of hydrogen-bond donors (Lipinski definition) is 1. The van der Waals surface area contributed by atoms with Gasteiger partial charge in [0.15, 0.2) is 5.69 Å². The highest BCUT2D eigenvalue weighted by atomic mass is 16.5. The van der Waals surface area contributed by atoms with Crippen molar-refractivity contribution in [1.82, 2.24) is 15.0 Å². The van der Waals surface area contributed by atoms with E-state index in [2.05, 4.69) is 19.8 Å². The molecular formula is C9H13N3O6. The van der Waals surface area contributed by atoms with Crippen molar-refractivity contribution in [2.45, 2.75) is 6.73 Å². The van der Waals surface area contributed by atoms with Crippen LogP contribution in [0.15, 0.2) is 0 Å². The standard InChI is InChI=1S/C9H13N3O6/c1-16-8(14)6-7(9(15)17-2)12(11-10-6)5-18-4-3-13/h13H,3-5H2,1-2H3. The Morgan fingerprint density at radius 3 is 2.50 bits per heavy atom. The van der Waals surface area contributed by atoms with Crippen molar-refractivity contribution in [3.05, 3.63) is 11.4 Å². The van der Waals surface area contributed by atoms with Gasteiger partial charge in [0, 0.05) is 0 Å². The molecule has 0 unspecified atom stereocenters. The van der Waals surface area contributed by atoms with Gasteiger partial charge >= 0.3 is 11.9 Å². The molecule has 1 N–H and O–H groups in total. The van der Waals surface area contributed by atoms with E-state index in [1.807, 2.05) is 0 Å². The Kier molecular flexibility index (Phi) is 5.21. The van der Waals surface area contributed by atoms with Crippen LogP contribution in [0.4, 0.5) is 0 Å². The van der Waals surface area contributed by atoms with Crippen LogP contribution in [0.5, 0.6) is 0 Å². The average Bonchev–Trinajstić information content (AvgIpc) is 2.81. The first kappa shape index (κ1) is 14.1. The Bertz CT molecular complexity index is 430. The summed E-state index contributed by atoms with van der Waals surface area (Å²) < 4.78 is 15.0. The van der Waals surface area contributed by atoms with Gasteiger partial charge in [-0.05, 0) is 0 Å². The summed E-state index contributed by atoms with van der Waals surface area (Å²) in [5, 5.41) is 15.7. The van der Waals surface area contributed by atoms with E-state index in [0.717, 1.165) is 18.9 Å². The zero-order valence-corrected chi connectivity index (χ0v) is 9.95. The first-order chi connectivity index (χ1) is 8.65. The van der Waals surface area contributed by atoms with E-state index in [4.69, 9.17) is 9.84 Å². The van der Waals surface area contributed by atoms with Crippen LogP contribution in [0.1, 0.15) is 21.0 Å². The monoisotopic (exact) mass is 259 g/mol. The summed E-state index contributed by atoms with van der Waals surface area (Å²) in [5.74, 6) is -1.59. The first-order valence-corrected chi connectivity index (χ1v) is 4.94. The largest absolute Gasteiger partial charge is 0.464 e. The fourth-order valence-corrected chi connectivity index (χ4v) is 1.15. The van der Waals surface area contributed by atoms with Crippen LogP contribution in [0, 0.1) is 0 Å². The normalized spacial score (nSPS) is 10.2. The number of aromatic nitrogens is 3. The van der Waals surface area contributed by atoms with Crippen LogP contribution in [0.25, 0.3) is 0 Å². The van der Waals surface area contributed by atoms with Gasteiger partial charge in [0.2, 0.25) is 5.69 Å². The van der Waals surface area contributed by atoms with E-state index in [1.165, 1.54) is 0 Å². The van der Waals surface area contributed by atoms with Gasteiger partial charge in [-0.25, -0.2) is 14.3 Å². The molecular weight excluding hydrogens is 246 g/mol. The van der Waals surface area contributed by atoms with Crippen molar-refractivity contribution in [3.8, 4) is 0 Å². The minimum atomic E-state index is -0.802. The third-order valence-electron chi connectivity index (χ3n) is 1.94. The average molecular weight is 259 g/mol. The van der Waals surface area contributed by atoms with Crippen molar-refractivity contribution in [2.75, 3.05) is 27.4 Å². The van der Waals surface area contributed by atoms with Crippen LogP contribution in [-0.2, 0) is 20.9 Å². The molecule has 0 atom stereocenters. The van der Waals surface area contributed by atoms with E-state index in [0.29, 0.717) is 0 Å². The Hall–Kier alpha value is -2.00. The molecule has 0 radical (unpaired) electrons. The van der Waals surface area contributed by atoms with Crippen LogP contribution in [0.2, 0.25) is 0 Å². The Morgan fingerprint density at radius 1 is 1.28 bits per heavy atom. The predicted molar refractivity (Wildman–Crippen MR) is 55.7 cm³/mol. The molecule has 0 aliphatic rings. The molecule has 18 heavy (non-hydrogen) atoms. The number of carbonyl (C=O) groups is 2. The van der Waals surface area contributed by atoms with Crippen LogP contribution in [0.3, 0.4) is 0 Å². The molecule has 0 aliphatic heterocycles. The lowest BCUT2D eigenvalue weighted by Gasteiger charge is -2.05. The number of ether oxygens (including phenoxy) is 3. The van der Waals surface area contributed by atoms with Crippen molar-refractivity contribution >= 4 is 11.9 Å². The van der Waals surface area contributed by atoms with Crippen LogP contribution >= 0.6 is 0 Å². The summed E-state index contributed by atoms with van der Waals surface area (Å²) >= 11 is 0. The van der Waals surface area contributed by atoms with E-state index in [-0.39, 0.29) is 31.3 Å². The van der Waals surface area contributed by atoms with E-state index < -0.39 is 11.9 Å². The zero-order valence-electron chi connectivity index (χ0n) is 9.95. The summed E-state index contributed by atoms with van der Waals surface area (Å²) in [5.41, 5.74) is -0.417. The lowest BCUT2D eigenvalue weighted by Crippen LogP contribution is -2.18. The molecule has 0 amide bonds. The summed E-state index contributed by atoms with van der Waals surface area (Å²) in [6, 6.07) is 0. The molecule has 9 heteroatoms. The smallest absolute Gasteiger partial charge is 0.361 e. The molecule has 0 spiro atoms. The minimum absolute atomic E-state index is 0.0635. The fourth-order valence-electron chi connectivity index (χ4n) is 1.15. The number of hydrogen-bond acceptors (Lipinski definition) is 8. The van der Waals surface area contributed by atoms with E-state index >= 15 is 0 Å².